The molecule has 28 heavy (non-hydrogen) atoms. The summed E-state index contributed by atoms with van der Waals surface area (Å²) >= 11 is 0. The highest BCUT2D eigenvalue weighted by atomic mass is 19.1. The third-order valence-corrected chi connectivity index (χ3v) is 5.70. The number of benzene rings is 3. The lowest BCUT2D eigenvalue weighted by Crippen LogP contribution is -2.38. The van der Waals surface area contributed by atoms with Gasteiger partial charge in [-0.2, -0.15) is 0 Å². The second-order valence-electron chi connectivity index (χ2n) is 7.53. The van der Waals surface area contributed by atoms with Gasteiger partial charge in [0.05, 0.1) is 6.10 Å². The van der Waals surface area contributed by atoms with Gasteiger partial charge in [0.2, 0.25) is 0 Å². The van der Waals surface area contributed by atoms with Gasteiger partial charge in [-0.25, -0.2) is 4.39 Å². The fourth-order valence-electron chi connectivity index (χ4n) is 4.11. The van der Waals surface area contributed by atoms with Gasteiger partial charge in [0.1, 0.15) is 5.82 Å². The molecule has 0 spiro atoms. The van der Waals surface area contributed by atoms with E-state index in [0.717, 1.165) is 42.3 Å². The lowest BCUT2D eigenvalue weighted by atomic mass is 9.88. The lowest BCUT2D eigenvalue weighted by molar-refractivity contribution is 0.0730. The van der Waals surface area contributed by atoms with Crippen molar-refractivity contribution in [3.05, 3.63) is 83.7 Å². The van der Waals surface area contributed by atoms with Crippen LogP contribution in [0.15, 0.2) is 66.7 Å². The number of aliphatic hydroxyl groups excluding tert-OH is 1. The van der Waals surface area contributed by atoms with Gasteiger partial charge in [-0.1, -0.05) is 42.5 Å². The Kier molecular flexibility index (Phi) is 5.51. The zero-order valence-electron chi connectivity index (χ0n) is 15.7. The fourth-order valence-corrected chi connectivity index (χ4v) is 4.11. The molecule has 3 aromatic carbocycles. The monoisotopic (exact) mass is 377 g/mol. The molecule has 0 saturated carbocycles. The maximum absolute atomic E-state index is 13.1. The van der Waals surface area contributed by atoms with Crippen LogP contribution in [-0.4, -0.2) is 35.4 Å². The molecule has 3 aromatic rings. The average Bonchev–Trinajstić information content (AvgIpc) is 2.74. The van der Waals surface area contributed by atoms with E-state index in [1.807, 2.05) is 30.3 Å². The summed E-state index contributed by atoms with van der Waals surface area (Å²) in [6.07, 6.45) is 0.965. The van der Waals surface area contributed by atoms with Crippen molar-refractivity contribution < 1.29 is 14.3 Å². The van der Waals surface area contributed by atoms with E-state index in [9.17, 15) is 14.3 Å². The number of β-amino-alcohol motifs (C(OH)–C–C–N with tert-alkyl or cyclic N) is 1. The molecule has 1 atom stereocenters. The first-order valence-corrected chi connectivity index (χ1v) is 9.79. The summed E-state index contributed by atoms with van der Waals surface area (Å²) in [5.41, 5.74) is 1.53. The summed E-state index contributed by atoms with van der Waals surface area (Å²) in [4.78, 5) is 14.8. The molecule has 4 rings (SSSR count). The van der Waals surface area contributed by atoms with Crippen LogP contribution in [0.4, 0.5) is 4.39 Å². The van der Waals surface area contributed by atoms with Gasteiger partial charge in [0.25, 0.3) is 0 Å². The molecule has 1 unspecified atom stereocenters. The van der Waals surface area contributed by atoms with Crippen LogP contribution in [0.25, 0.3) is 10.8 Å². The Morgan fingerprint density at radius 2 is 1.68 bits per heavy atom. The summed E-state index contributed by atoms with van der Waals surface area (Å²) in [7, 11) is 0. The van der Waals surface area contributed by atoms with E-state index >= 15 is 0 Å². The van der Waals surface area contributed by atoms with Gasteiger partial charge in [-0.3, -0.25) is 4.79 Å². The molecule has 0 radical (unpaired) electrons. The molecule has 0 bridgehead atoms. The van der Waals surface area contributed by atoms with Gasteiger partial charge < -0.3 is 10.0 Å². The smallest absolute Gasteiger partial charge is 0.166 e. The number of carbonyl (C=O) groups excluding carboxylic acids is 1. The summed E-state index contributed by atoms with van der Waals surface area (Å²) in [6, 6.07) is 19.9. The Bertz CT molecular complexity index is 957. The number of Topliss-reactive ketones (excluding diaryl/α,β-unsaturated/α-hetero) is 1. The van der Waals surface area contributed by atoms with Crippen LogP contribution in [0, 0.1) is 11.7 Å². The molecule has 1 aliphatic rings. The van der Waals surface area contributed by atoms with E-state index < -0.39 is 6.10 Å². The highest BCUT2D eigenvalue weighted by Gasteiger charge is 2.27. The number of carbonyl (C=O) groups is 1. The third-order valence-electron chi connectivity index (χ3n) is 5.70. The molecule has 1 N–H and O–H groups in total. The third kappa shape index (κ3) is 3.98. The first-order chi connectivity index (χ1) is 13.6. The number of rotatable bonds is 5. The fraction of sp³-hybridized carbons (Fsp3) is 0.292. The molecule has 1 aliphatic heterocycles. The van der Waals surface area contributed by atoms with Crippen molar-refractivity contribution in [2.75, 3.05) is 19.6 Å². The van der Waals surface area contributed by atoms with Crippen molar-refractivity contribution in [2.24, 2.45) is 5.92 Å². The Labute approximate surface area is 164 Å². The van der Waals surface area contributed by atoms with E-state index in [2.05, 4.69) is 17.0 Å². The van der Waals surface area contributed by atoms with E-state index in [0.29, 0.717) is 12.1 Å². The number of hydrogen-bond acceptors (Lipinski definition) is 3. The number of nitrogens with zero attached hydrogens (tertiary/aromatic N) is 1. The number of piperidine rings is 1. The van der Waals surface area contributed by atoms with Crippen LogP contribution >= 0.6 is 0 Å². The number of likely N-dealkylation sites (tertiary alicyclic amines) is 1. The topological polar surface area (TPSA) is 40.5 Å². The van der Waals surface area contributed by atoms with Crippen molar-refractivity contribution in [1.82, 2.24) is 4.90 Å². The Morgan fingerprint density at radius 1 is 1.00 bits per heavy atom. The summed E-state index contributed by atoms with van der Waals surface area (Å²) < 4.78 is 13.1. The summed E-state index contributed by atoms with van der Waals surface area (Å²) in [6.45, 7) is 2.12. The predicted molar refractivity (Wildman–Crippen MR) is 109 cm³/mol. The second kappa shape index (κ2) is 8.21. The molecule has 4 heteroatoms. The number of aliphatic hydroxyl groups is 1. The van der Waals surface area contributed by atoms with Crippen molar-refractivity contribution >= 4 is 16.6 Å². The normalized spacial score (nSPS) is 16.9. The Hall–Kier alpha value is -2.56. The molecule has 1 saturated heterocycles. The molecule has 144 valence electrons. The van der Waals surface area contributed by atoms with Gasteiger partial charge in [-0.05, 0) is 66.5 Å². The Balaban J connectivity index is 1.37. The minimum absolute atomic E-state index is 0.0311. The van der Waals surface area contributed by atoms with Crippen LogP contribution in [0.1, 0.15) is 34.9 Å². The van der Waals surface area contributed by atoms with Crippen molar-refractivity contribution in [3.8, 4) is 0 Å². The number of fused-ring (bicyclic) bond motifs is 1. The second-order valence-corrected chi connectivity index (χ2v) is 7.53. The van der Waals surface area contributed by atoms with Crippen LogP contribution in [0.2, 0.25) is 0 Å². The molecular formula is C24H24FNO2. The van der Waals surface area contributed by atoms with Gasteiger partial charge in [0, 0.05) is 18.0 Å². The molecule has 3 nitrogen and oxygen atoms in total. The van der Waals surface area contributed by atoms with Crippen LogP contribution in [0.3, 0.4) is 0 Å². The standard InChI is InChI=1S/C24H24FNO2/c25-20-10-8-18(9-11-20)24(28)19-12-14-26(15-13-19)16-23(27)22-7-3-5-17-4-1-2-6-21(17)22/h1-11,19,23,27H,12-16H2. The van der Waals surface area contributed by atoms with Crippen LogP contribution in [-0.2, 0) is 0 Å². The van der Waals surface area contributed by atoms with Crippen molar-refractivity contribution in [3.63, 3.8) is 0 Å². The average molecular weight is 377 g/mol. The molecule has 0 aliphatic carbocycles. The minimum Gasteiger partial charge on any atom is -0.387 e. The van der Waals surface area contributed by atoms with Crippen LogP contribution < -0.4 is 0 Å². The van der Waals surface area contributed by atoms with Gasteiger partial charge in [-0.15, -0.1) is 0 Å². The maximum atomic E-state index is 13.1. The van der Waals surface area contributed by atoms with E-state index in [1.165, 1.54) is 12.1 Å². The Morgan fingerprint density at radius 3 is 2.43 bits per heavy atom. The zero-order chi connectivity index (χ0) is 19.5. The maximum Gasteiger partial charge on any atom is 0.166 e. The summed E-state index contributed by atoms with van der Waals surface area (Å²) in [5, 5.41) is 13.0. The van der Waals surface area contributed by atoms with E-state index in [-0.39, 0.29) is 17.5 Å². The van der Waals surface area contributed by atoms with Gasteiger partial charge >= 0.3 is 0 Å². The first-order valence-electron chi connectivity index (χ1n) is 9.79. The quantitative estimate of drug-likeness (QED) is 0.660. The zero-order valence-corrected chi connectivity index (χ0v) is 15.7. The van der Waals surface area contributed by atoms with Crippen LogP contribution in [0.5, 0.6) is 0 Å². The first kappa shape index (κ1) is 18.8. The summed E-state index contributed by atoms with van der Waals surface area (Å²) in [5.74, 6) is -0.264. The van der Waals surface area contributed by atoms with Crippen molar-refractivity contribution in [2.45, 2.75) is 18.9 Å². The lowest BCUT2D eigenvalue weighted by Gasteiger charge is -2.32. The SMILES string of the molecule is O=C(c1ccc(F)cc1)C1CCN(CC(O)c2cccc3ccccc23)CC1. The minimum atomic E-state index is -0.560. The molecule has 1 fully saturated rings. The predicted octanol–water partition coefficient (Wildman–Crippen LogP) is 4.61. The highest BCUT2D eigenvalue weighted by Crippen LogP contribution is 2.27. The van der Waals surface area contributed by atoms with Gasteiger partial charge in [0.15, 0.2) is 5.78 Å². The largest absolute Gasteiger partial charge is 0.387 e. The number of ketones is 1. The van der Waals surface area contributed by atoms with E-state index in [4.69, 9.17) is 0 Å². The van der Waals surface area contributed by atoms with Crippen molar-refractivity contribution in [1.29, 1.82) is 0 Å². The molecular weight excluding hydrogens is 353 g/mol. The van der Waals surface area contributed by atoms with E-state index in [1.54, 1.807) is 12.1 Å². The highest BCUT2D eigenvalue weighted by molar-refractivity contribution is 5.97. The number of halogens is 1. The molecule has 0 aromatic heterocycles. The molecule has 0 amide bonds. The number of hydrogen-bond donors (Lipinski definition) is 1. The molecule has 1 heterocycles.